The largest absolute Gasteiger partial charge is 0.466 e. The zero-order chi connectivity index (χ0) is 11.1. The Morgan fingerprint density at radius 1 is 1.60 bits per heavy atom. The van der Waals surface area contributed by atoms with E-state index in [9.17, 15) is 4.79 Å². The molecule has 0 aliphatic carbocycles. The molecule has 0 spiro atoms. The standard InChI is InChI=1S/C11H21NO3/c1-3-14-11(13)6-7-12(2)9-10-5-4-8-15-10/h10H,3-9H2,1-2H3. The van der Waals surface area contributed by atoms with Crippen molar-refractivity contribution in [2.75, 3.05) is 33.4 Å². The number of rotatable bonds is 6. The fraction of sp³-hybridized carbons (Fsp3) is 0.909. The maximum Gasteiger partial charge on any atom is 0.307 e. The molecule has 1 heterocycles. The van der Waals surface area contributed by atoms with Crippen LogP contribution in [0, 0.1) is 0 Å². The summed E-state index contributed by atoms with van der Waals surface area (Å²) in [5, 5.41) is 0. The zero-order valence-electron chi connectivity index (χ0n) is 9.70. The predicted molar refractivity (Wildman–Crippen MR) is 57.7 cm³/mol. The van der Waals surface area contributed by atoms with Crippen LogP contribution in [-0.4, -0.2) is 50.3 Å². The highest BCUT2D eigenvalue weighted by molar-refractivity contribution is 5.69. The molecule has 0 aromatic carbocycles. The smallest absolute Gasteiger partial charge is 0.307 e. The Hall–Kier alpha value is -0.610. The number of nitrogens with zero attached hydrogens (tertiary/aromatic N) is 1. The van der Waals surface area contributed by atoms with E-state index in [4.69, 9.17) is 9.47 Å². The maximum atomic E-state index is 11.1. The summed E-state index contributed by atoms with van der Waals surface area (Å²) in [5.41, 5.74) is 0. The van der Waals surface area contributed by atoms with Gasteiger partial charge in [0.1, 0.15) is 0 Å². The number of ether oxygens (including phenoxy) is 2. The molecule has 1 aliphatic heterocycles. The minimum atomic E-state index is -0.114. The number of hydrogen-bond donors (Lipinski definition) is 0. The molecule has 1 saturated heterocycles. The molecule has 1 atom stereocenters. The quantitative estimate of drug-likeness (QED) is 0.621. The Bertz CT molecular complexity index is 190. The van der Waals surface area contributed by atoms with Crippen LogP contribution in [-0.2, 0) is 14.3 Å². The molecule has 4 nitrogen and oxygen atoms in total. The summed E-state index contributed by atoms with van der Waals surface area (Å²) in [6.07, 6.45) is 3.13. The second-order valence-electron chi connectivity index (χ2n) is 3.95. The van der Waals surface area contributed by atoms with E-state index in [1.165, 1.54) is 0 Å². The van der Waals surface area contributed by atoms with E-state index in [1.54, 1.807) is 0 Å². The van der Waals surface area contributed by atoms with Gasteiger partial charge in [-0.1, -0.05) is 0 Å². The van der Waals surface area contributed by atoms with Crippen LogP contribution >= 0.6 is 0 Å². The summed E-state index contributed by atoms with van der Waals surface area (Å²) in [6, 6.07) is 0. The lowest BCUT2D eigenvalue weighted by Crippen LogP contribution is -2.30. The highest BCUT2D eigenvalue weighted by Gasteiger charge is 2.17. The molecule has 1 aliphatic rings. The normalized spacial score (nSPS) is 20.9. The lowest BCUT2D eigenvalue weighted by atomic mass is 10.2. The van der Waals surface area contributed by atoms with Crippen molar-refractivity contribution in [1.29, 1.82) is 0 Å². The van der Waals surface area contributed by atoms with Crippen molar-refractivity contribution in [3.8, 4) is 0 Å². The first kappa shape index (κ1) is 12.5. The number of likely N-dealkylation sites (N-methyl/N-ethyl adjacent to an activating group) is 1. The van der Waals surface area contributed by atoms with Crippen LogP contribution in [0.5, 0.6) is 0 Å². The lowest BCUT2D eigenvalue weighted by molar-refractivity contribution is -0.143. The van der Waals surface area contributed by atoms with E-state index in [0.717, 1.165) is 32.5 Å². The average molecular weight is 215 g/mol. The van der Waals surface area contributed by atoms with Crippen LogP contribution in [0.4, 0.5) is 0 Å². The van der Waals surface area contributed by atoms with Gasteiger partial charge in [-0.05, 0) is 26.8 Å². The van der Waals surface area contributed by atoms with Crippen LogP contribution in [0.15, 0.2) is 0 Å². The molecule has 0 saturated carbocycles. The molecule has 0 radical (unpaired) electrons. The minimum Gasteiger partial charge on any atom is -0.466 e. The lowest BCUT2D eigenvalue weighted by Gasteiger charge is -2.19. The summed E-state index contributed by atoms with van der Waals surface area (Å²) in [7, 11) is 2.01. The van der Waals surface area contributed by atoms with E-state index in [-0.39, 0.29) is 5.97 Å². The summed E-state index contributed by atoms with van der Waals surface area (Å²) in [5.74, 6) is -0.114. The fourth-order valence-corrected chi connectivity index (χ4v) is 1.74. The molecule has 1 fully saturated rings. The van der Waals surface area contributed by atoms with E-state index in [1.807, 2.05) is 14.0 Å². The number of carbonyl (C=O) groups is 1. The zero-order valence-corrected chi connectivity index (χ0v) is 9.70. The van der Waals surface area contributed by atoms with Gasteiger partial charge in [-0.15, -0.1) is 0 Å². The van der Waals surface area contributed by atoms with Gasteiger partial charge in [0.05, 0.1) is 19.1 Å². The molecule has 0 aromatic rings. The molecule has 0 bridgehead atoms. The predicted octanol–water partition coefficient (Wildman–Crippen LogP) is 1.05. The van der Waals surface area contributed by atoms with Gasteiger partial charge in [0.15, 0.2) is 0 Å². The first-order valence-electron chi connectivity index (χ1n) is 5.68. The van der Waals surface area contributed by atoms with Gasteiger partial charge in [0, 0.05) is 19.7 Å². The van der Waals surface area contributed by atoms with Gasteiger partial charge < -0.3 is 14.4 Å². The van der Waals surface area contributed by atoms with E-state index < -0.39 is 0 Å². The van der Waals surface area contributed by atoms with E-state index in [2.05, 4.69) is 4.90 Å². The van der Waals surface area contributed by atoms with Crippen LogP contribution in [0.2, 0.25) is 0 Å². The van der Waals surface area contributed by atoms with Crippen LogP contribution in [0.1, 0.15) is 26.2 Å². The summed E-state index contributed by atoms with van der Waals surface area (Å²) in [6.45, 7) is 4.84. The van der Waals surface area contributed by atoms with Crippen molar-refractivity contribution in [2.45, 2.75) is 32.3 Å². The highest BCUT2D eigenvalue weighted by Crippen LogP contribution is 2.12. The summed E-state index contributed by atoms with van der Waals surface area (Å²) < 4.78 is 10.4. The van der Waals surface area contributed by atoms with Crippen LogP contribution < -0.4 is 0 Å². The second kappa shape index (κ2) is 6.80. The summed E-state index contributed by atoms with van der Waals surface area (Å²) >= 11 is 0. The Morgan fingerprint density at radius 2 is 2.40 bits per heavy atom. The Morgan fingerprint density at radius 3 is 3.00 bits per heavy atom. The van der Waals surface area contributed by atoms with Crippen molar-refractivity contribution in [3.63, 3.8) is 0 Å². The molecule has 0 N–H and O–H groups in total. The van der Waals surface area contributed by atoms with Gasteiger partial charge in [0.25, 0.3) is 0 Å². The average Bonchev–Trinajstić information content (AvgIpc) is 2.68. The van der Waals surface area contributed by atoms with Crippen molar-refractivity contribution >= 4 is 5.97 Å². The minimum absolute atomic E-state index is 0.114. The van der Waals surface area contributed by atoms with Gasteiger partial charge in [-0.2, -0.15) is 0 Å². The third kappa shape index (κ3) is 5.14. The number of carbonyl (C=O) groups excluding carboxylic acids is 1. The van der Waals surface area contributed by atoms with Crippen molar-refractivity contribution in [1.82, 2.24) is 4.90 Å². The van der Waals surface area contributed by atoms with Crippen LogP contribution in [0.3, 0.4) is 0 Å². The molecule has 0 aromatic heterocycles. The van der Waals surface area contributed by atoms with Gasteiger partial charge in [-0.25, -0.2) is 0 Å². The fourth-order valence-electron chi connectivity index (χ4n) is 1.74. The third-order valence-electron chi connectivity index (χ3n) is 2.54. The number of hydrogen-bond acceptors (Lipinski definition) is 4. The third-order valence-corrected chi connectivity index (χ3v) is 2.54. The molecule has 1 rings (SSSR count). The van der Waals surface area contributed by atoms with E-state index in [0.29, 0.717) is 19.1 Å². The van der Waals surface area contributed by atoms with Gasteiger partial charge >= 0.3 is 5.97 Å². The molecular formula is C11H21NO3. The van der Waals surface area contributed by atoms with Crippen LogP contribution in [0.25, 0.3) is 0 Å². The first-order chi connectivity index (χ1) is 7.22. The Kier molecular flexibility index (Phi) is 5.65. The van der Waals surface area contributed by atoms with Crippen molar-refractivity contribution in [2.24, 2.45) is 0 Å². The molecule has 15 heavy (non-hydrogen) atoms. The molecule has 88 valence electrons. The Balaban J connectivity index is 2.07. The first-order valence-corrected chi connectivity index (χ1v) is 5.68. The van der Waals surface area contributed by atoms with Crippen molar-refractivity contribution in [3.05, 3.63) is 0 Å². The maximum absolute atomic E-state index is 11.1. The second-order valence-corrected chi connectivity index (χ2v) is 3.95. The van der Waals surface area contributed by atoms with Gasteiger partial charge in [-0.3, -0.25) is 4.79 Å². The van der Waals surface area contributed by atoms with Gasteiger partial charge in [0.2, 0.25) is 0 Å². The molecule has 4 heteroatoms. The van der Waals surface area contributed by atoms with E-state index >= 15 is 0 Å². The topological polar surface area (TPSA) is 38.8 Å². The highest BCUT2D eigenvalue weighted by atomic mass is 16.5. The SMILES string of the molecule is CCOC(=O)CCN(C)CC1CCCO1. The van der Waals surface area contributed by atoms with Crippen molar-refractivity contribution < 1.29 is 14.3 Å². The summed E-state index contributed by atoms with van der Waals surface area (Å²) in [4.78, 5) is 13.2. The molecular weight excluding hydrogens is 194 g/mol. The Labute approximate surface area is 91.5 Å². The number of esters is 1. The molecule has 0 amide bonds. The monoisotopic (exact) mass is 215 g/mol. The molecule has 1 unspecified atom stereocenters.